The van der Waals surface area contributed by atoms with E-state index in [0.717, 1.165) is 25.4 Å². The van der Waals surface area contributed by atoms with E-state index < -0.39 is 0 Å². The first kappa shape index (κ1) is 10.3. The molecule has 0 aromatic heterocycles. The number of rotatable bonds is 4. The summed E-state index contributed by atoms with van der Waals surface area (Å²) in [6.45, 7) is 3.15. The maximum Gasteiger partial charge on any atom is 0.0243 e. The molecule has 0 radical (unpaired) electrons. The average Bonchev–Trinajstić information content (AvgIpc) is 3.06. The van der Waals surface area contributed by atoms with Crippen molar-refractivity contribution in [1.82, 2.24) is 4.90 Å². The summed E-state index contributed by atoms with van der Waals surface area (Å²) in [6.07, 6.45) is 5.06. The molecule has 86 valence electrons. The van der Waals surface area contributed by atoms with Crippen molar-refractivity contribution in [1.29, 1.82) is 0 Å². The van der Waals surface area contributed by atoms with E-state index in [1.807, 2.05) is 0 Å². The molecule has 1 saturated carbocycles. The van der Waals surface area contributed by atoms with Gasteiger partial charge in [-0.05, 0) is 48.9 Å². The van der Waals surface area contributed by atoms with Crippen molar-refractivity contribution in [3.05, 3.63) is 34.9 Å². The molecule has 3 rings (SSSR count). The van der Waals surface area contributed by atoms with E-state index in [2.05, 4.69) is 23.1 Å². The van der Waals surface area contributed by atoms with Gasteiger partial charge < -0.3 is 5.73 Å². The van der Waals surface area contributed by atoms with E-state index in [0.29, 0.717) is 0 Å². The summed E-state index contributed by atoms with van der Waals surface area (Å²) in [4.78, 5) is 2.62. The van der Waals surface area contributed by atoms with Crippen molar-refractivity contribution in [3.63, 3.8) is 0 Å². The largest absolute Gasteiger partial charge is 0.330 e. The molecule has 2 heteroatoms. The second-order valence-corrected chi connectivity index (χ2v) is 5.13. The molecule has 1 aliphatic carbocycles. The topological polar surface area (TPSA) is 29.3 Å². The van der Waals surface area contributed by atoms with Crippen LogP contribution in [0.2, 0.25) is 0 Å². The number of hydrogen-bond acceptors (Lipinski definition) is 2. The molecule has 2 N–H and O–H groups in total. The van der Waals surface area contributed by atoms with Crippen molar-refractivity contribution < 1.29 is 0 Å². The second-order valence-electron chi connectivity index (χ2n) is 5.13. The van der Waals surface area contributed by atoms with Crippen LogP contribution in [0, 0.1) is 0 Å². The zero-order valence-corrected chi connectivity index (χ0v) is 9.78. The molecule has 2 aliphatic rings. The highest BCUT2D eigenvalue weighted by Crippen LogP contribution is 2.34. The molecule has 1 heterocycles. The van der Waals surface area contributed by atoms with Gasteiger partial charge in [0.05, 0.1) is 0 Å². The standard InChI is InChI=1S/C14H20N2/c15-7-1-2-11-3-4-12-9-16(14-5-6-14)10-13(12)8-11/h3-4,8,14H,1-2,5-7,9-10,15H2. The van der Waals surface area contributed by atoms with E-state index in [-0.39, 0.29) is 0 Å². The Bertz CT molecular complexity index is 382. The summed E-state index contributed by atoms with van der Waals surface area (Å²) in [7, 11) is 0. The minimum Gasteiger partial charge on any atom is -0.330 e. The average molecular weight is 216 g/mol. The van der Waals surface area contributed by atoms with Gasteiger partial charge in [0.15, 0.2) is 0 Å². The first-order chi connectivity index (χ1) is 7.86. The molecule has 0 saturated heterocycles. The predicted molar refractivity (Wildman–Crippen MR) is 66.1 cm³/mol. The van der Waals surface area contributed by atoms with Gasteiger partial charge >= 0.3 is 0 Å². The Labute approximate surface area is 97.4 Å². The van der Waals surface area contributed by atoms with Gasteiger partial charge in [0.1, 0.15) is 0 Å². The van der Waals surface area contributed by atoms with E-state index in [1.54, 1.807) is 11.1 Å². The smallest absolute Gasteiger partial charge is 0.0243 e. The van der Waals surface area contributed by atoms with E-state index in [9.17, 15) is 0 Å². The Hall–Kier alpha value is -0.860. The van der Waals surface area contributed by atoms with Gasteiger partial charge in [-0.3, -0.25) is 4.90 Å². The normalized spacial score (nSPS) is 20.1. The Morgan fingerprint density at radius 2 is 2.00 bits per heavy atom. The molecule has 1 aromatic rings. The van der Waals surface area contributed by atoms with E-state index in [4.69, 9.17) is 5.73 Å². The van der Waals surface area contributed by atoms with Gasteiger partial charge in [-0.1, -0.05) is 18.2 Å². The van der Waals surface area contributed by atoms with Gasteiger partial charge in [-0.25, -0.2) is 0 Å². The second kappa shape index (κ2) is 4.19. The molecular weight excluding hydrogens is 196 g/mol. The van der Waals surface area contributed by atoms with Crippen LogP contribution < -0.4 is 5.73 Å². The van der Waals surface area contributed by atoms with Crippen LogP contribution in [0.25, 0.3) is 0 Å². The van der Waals surface area contributed by atoms with Crippen LogP contribution >= 0.6 is 0 Å². The van der Waals surface area contributed by atoms with E-state index >= 15 is 0 Å². The number of nitrogens with two attached hydrogens (primary N) is 1. The van der Waals surface area contributed by atoms with Gasteiger partial charge in [0.2, 0.25) is 0 Å². The molecule has 16 heavy (non-hydrogen) atoms. The summed E-state index contributed by atoms with van der Waals surface area (Å²) in [5, 5.41) is 0. The molecule has 0 bridgehead atoms. The molecule has 0 amide bonds. The Morgan fingerprint density at radius 3 is 2.75 bits per heavy atom. The van der Waals surface area contributed by atoms with Crippen LogP contribution in [0.3, 0.4) is 0 Å². The van der Waals surface area contributed by atoms with Crippen LogP contribution in [0.4, 0.5) is 0 Å². The maximum atomic E-state index is 5.55. The summed E-state index contributed by atoms with van der Waals surface area (Å²) >= 11 is 0. The van der Waals surface area contributed by atoms with Crippen LogP contribution in [0.1, 0.15) is 36.0 Å². The molecule has 1 aliphatic heterocycles. The van der Waals surface area contributed by atoms with Crippen molar-refractivity contribution in [2.45, 2.75) is 44.8 Å². The van der Waals surface area contributed by atoms with Crippen LogP contribution in [-0.4, -0.2) is 17.5 Å². The zero-order valence-electron chi connectivity index (χ0n) is 9.78. The minimum absolute atomic E-state index is 0.797. The van der Waals surface area contributed by atoms with Crippen LogP contribution in [0.5, 0.6) is 0 Å². The lowest BCUT2D eigenvalue weighted by Gasteiger charge is -2.11. The third kappa shape index (κ3) is 2.00. The summed E-state index contributed by atoms with van der Waals surface area (Å²) in [5.41, 5.74) is 10.1. The number of fused-ring (bicyclic) bond motifs is 1. The number of nitrogens with zero attached hydrogens (tertiary/aromatic N) is 1. The summed E-state index contributed by atoms with van der Waals surface area (Å²) < 4.78 is 0. The van der Waals surface area contributed by atoms with Crippen molar-refractivity contribution >= 4 is 0 Å². The third-order valence-electron chi connectivity index (χ3n) is 3.75. The monoisotopic (exact) mass is 216 g/mol. The highest BCUT2D eigenvalue weighted by molar-refractivity contribution is 5.35. The number of hydrogen-bond donors (Lipinski definition) is 1. The minimum atomic E-state index is 0.797. The third-order valence-corrected chi connectivity index (χ3v) is 3.75. The molecule has 0 spiro atoms. The van der Waals surface area contributed by atoms with Gasteiger partial charge in [0, 0.05) is 19.1 Å². The molecule has 0 unspecified atom stereocenters. The fraction of sp³-hybridized carbons (Fsp3) is 0.571. The molecule has 2 nitrogen and oxygen atoms in total. The van der Waals surface area contributed by atoms with Crippen LogP contribution in [-0.2, 0) is 19.5 Å². The Kier molecular flexibility index (Phi) is 2.70. The number of aryl methyl sites for hydroxylation is 1. The highest BCUT2D eigenvalue weighted by atomic mass is 15.2. The quantitative estimate of drug-likeness (QED) is 0.834. The highest BCUT2D eigenvalue weighted by Gasteiger charge is 2.32. The fourth-order valence-electron chi connectivity index (χ4n) is 2.63. The molecular formula is C14H20N2. The Morgan fingerprint density at radius 1 is 1.19 bits per heavy atom. The van der Waals surface area contributed by atoms with Gasteiger partial charge in [-0.15, -0.1) is 0 Å². The first-order valence-electron chi connectivity index (χ1n) is 6.41. The zero-order chi connectivity index (χ0) is 11.0. The molecule has 0 atom stereocenters. The Balaban J connectivity index is 1.72. The lowest BCUT2D eigenvalue weighted by molar-refractivity contribution is 0.273. The van der Waals surface area contributed by atoms with Crippen LogP contribution in [0.15, 0.2) is 18.2 Å². The SMILES string of the molecule is NCCCc1ccc2c(c1)CN(C1CC1)C2. The fourth-order valence-corrected chi connectivity index (χ4v) is 2.63. The lowest BCUT2D eigenvalue weighted by Crippen LogP contribution is -2.18. The van der Waals surface area contributed by atoms with Gasteiger partial charge in [0.25, 0.3) is 0 Å². The lowest BCUT2D eigenvalue weighted by atomic mass is 10.0. The predicted octanol–water partition coefficient (Wildman–Crippen LogP) is 2.06. The van der Waals surface area contributed by atoms with E-state index in [1.165, 1.54) is 31.5 Å². The first-order valence-corrected chi connectivity index (χ1v) is 6.41. The van der Waals surface area contributed by atoms with Crippen molar-refractivity contribution in [2.24, 2.45) is 5.73 Å². The maximum absolute atomic E-state index is 5.55. The summed E-state index contributed by atoms with van der Waals surface area (Å²) in [5.74, 6) is 0. The van der Waals surface area contributed by atoms with Gasteiger partial charge in [-0.2, -0.15) is 0 Å². The van der Waals surface area contributed by atoms with Crippen molar-refractivity contribution in [3.8, 4) is 0 Å². The molecule has 1 aromatic carbocycles. The summed E-state index contributed by atoms with van der Waals surface area (Å²) in [6, 6.07) is 7.89. The molecule has 1 fully saturated rings. The van der Waals surface area contributed by atoms with Crippen molar-refractivity contribution in [2.75, 3.05) is 6.54 Å². The number of benzene rings is 1.